The number of carbonyl (C=O) groups is 5. The molecule has 0 saturated carbocycles. The Kier molecular flexibility index (Phi) is 7.19. The molecule has 5 rings (SSSR count). The molecule has 0 aromatic heterocycles. The molecule has 0 bridgehead atoms. The van der Waals surface area contributed by atoms with Crippen LogP contribution in [0.2, 0.25) is 0 Å². The van der Waals surface area contributed by atoms with Crippen molar-refractivity contribution in [3.8, 4) is 0 Å². The summed E-state index contributed by atoms with van der Waals surface area (Å²) in [5.41, 5.74) is 2.26. The van der Waals surface area contributed by atoms with Crippen LogP contribution in [0.4, 0.5) is 5.69 Å². The number of imide groups is 1. The highest BCUT2D eigenvalue weighted by Crippen LogP contribution is 2.43. The minimum absolute atomic E-state index is 0.147. The molecule has 2 atom stereocenters. The van der Waals surface area contributed by atoms with Crippen molar-refractivity contribution in [1.29, 1.82) is 0 Å². The molecule has 0 radical (unpaired) electrons. The zero-order valence-electron chi connectivity index (χ0n) is 21.7. The first kappa shape index (κ1) is 25.6. The lowest BCUT2D eigenvalue weighted by Gasteiger charge is -2.47. The third kappa shape index (κ3) is 5.07. The molecule has 1 aliphatic carbocycles. The van der Waals surface area contributed by atoms with Crippen molar-refractivity contribution in [2.75, 3.05) is 31.1 Å². The highest BCUT2D eigenvalue weighted by molar-refractivity contribution is 6.26. The molecule has 1 N–H and O–H groups in total. The zero-order valence-corrected chi connectivity index (χ0v) is 21.7. The fourth-order valence-corrected chi connectivity index (χ4v) is 6.63. The van der Waals surface area contributed by atoms with Gasteiger partial charge in [0, 0.05) is 61.8 Å². The van der Waals surface area contributed by atoms with Crippen LogP contribution in [-0.2, 0) is 14.4 Å². The second-order valence-electron chi connectivity index (χ2n) is 11.4. The number of fused-ring (bicyclic) bond motifs is 1. The number of hydrogen-bond acceptors (Lipinski definition) is 6. The van der Waals surface area contributed by atoms with Gasteiger partial charge in [0.2, 0.25) is 17.7 Å². The number of nitrogens with one attached hydrogen (secondary N) is 1. The summed E-state index contributed by atoms with van der Waals surface area (Å²) in [7, 11) is 0. The van der Waals surface area contributed by atoms with Crippen LogP contribution in [0.15, 0.2) is 18.2 Å². The highest BCUT2D eigenvalue weighted by atomic mass is 16.2. The van der Waals surface area contributed by atoms with Gasteiger partial charge in [-0.1, -0.05) is 6.92 Å². The summed E-state index contributed by atoms with van der Waals surface area (Å²) in [6, 6.07) is 5.63. The molecule has 3 amide bonds. The first-order valence-electron chi connectivity index (χ1n) is 13.9. The topological polar surface area (TPSA) is 104 Å². The number of carbonyl (C=O) groups excluding carboxylic acids is 5. The standard InChI is InChI=1S/C29H37N3O5/c1-2-3-25(34)32-16-12-29(13-17-32)10-14-31(15-11-29)20-6-8-21-23(18-20)27(36)22(26(21)35)7-4-19-5-9-24(33)30-28(19)37/h6,8,18-19,22H,2-5,7,9-17H2,1H3,(H,30,33,37). The van der Waals surface area contributed by atoms with E-state index in [9.17, 15) is 24.0 Å². The van der Waals surface area contributed by atoms with Crippen molar-refractivity contribution in [3.63, 3.8) is 0 Å². The van der Waals surface area contributed by atoms with Gasteiger partial charge in [0.05, 0.1) is 5.92 Å². The number of nitrogens with zero attached hydrogens (tertiary/aromatic N) is 2. The number of benzene rings is 1. The summed E-state index contributed by atoms with van der Waals surface area (Å²) in [6.07, 6.45) is 7.32. The average Bonchev–Trinajstić information content (AvgIpc) is 3.13. The molecule has 3 fully saturated rings. The largest absolute Gasteiger partial charge is 0.371 e. The van der Waals surface area contributed by atoms with Gasteiger partial charge in [-0.15, -0.1) is 0 Å². The van der Waals surface area contributed by atoms with Crippen LogP contribution >= 0.6 is 0 Å². The van der Waals surface area contributed by atoms with Gasteiger partial charge in [-0.2, -0.15) is 0 Å². The Bertz CT molecular complexity index is 1110. The predicted octanol–water partition coefficient (Wildman–Crippen LogP) is 3.52. The van der Waals surface area contributed by atoms with E-state index < -0.39 is 5.92 Å². The van der Waals surface area contributed by atoms with Crippen molar-refractivity contribution in [1.82, 2.24) is 10.2 Å². The fraction of sp³-hybridized carbons (Fsp3) is 0.621. The number of amides is 3. The van der Waals surface area contributed by atoms with Gasteiger partial charge < -0.3 is 9.80 Å². The number of Topliss-reactive ketones (excluding diaryl/α,β-unsaturated/α-hetero) is 2. The Morgan fingerprint density at radius 2 is 1.62 bits per heavy atom. The Balaban J connectivity index is 1.18. The van der Waals surface area contributed by atoms with Crippen molar-refractivity contribution in [2.24, 2.45) is 17.3 Å². The Labute approximate surface area is 218 Å². The lowest BCUT2D eigenvalue weighted by Crippen LogP contribution is -2.48. The Morgan fingerprint density at radius 1 is 0.946 bits per heavy atom. The molecular weight excluding hydrogens is 470 g/mol. The summed E-state index contributed by atoms with van der Waals surface area (Å²) in [4.78, 5) is 66.3. The molecular formula is C29H37N3O5. The predicted molar refractivity (Wildman–Crippen MR) is 138 cm³/mol. The van der Waals surface area contributed by atoms with Crippen LogP contribution in [0.25, 0.3) is 0 Å². The molecule has 8 nitrogen and oxygen atoms in total. The summed E-state index contributed by atoms with van der Waals surface area (Å²) in [6.45, 7) is 5.57. The van der Waals surface area contributed by atoms with E-state index in [0.29, 0.717) is 48.6 Å². The van der Waals surface area contributed by atoms with E-state index in [1.54, 1.807) is 6.07 Å². The normalized spacial score (nSPS) is 25.4. The quantitative estimate of drug-likeness (QED) is 0.467. The first-order valence-corrected chi connectivity index (χ1v) is 13.9. The molecule has 3 saturated heterocycles. The minimum Gasteiger partial charge on any atom is -0.371 e. The SMILES string of the molecule is CCCC(=O)N1CCC2(CC1)CCN(c1ccc3c(c1)C(=O)C(CCC1CCC(=O)NC1=O)C3=O)CC2. The van der Waals surface area contributed by atoms with Crippen LogP contribution < -0.4 is 10.2 Å². The van der Waals surface area contributed by atoms with Gasteiger partial charge in [-0.3, -0.25) is 29.3 Å². The van der Waals surface area contributed by atoms with Crippen molar-refractivity contribution in [2.45, 2.75) is 71.1 Å². The van der Waals surface area contributed by atoms with E-state index >= 15 is 0 Å². The van der Waals surface area contributed by atoms with Crippen molar-refractivity contribution >= 4 is 35.0 Å². The molecule has 1 aromatic carbocycles. The zero-order chi connectivity index (χ0) is 26.2. The third-order valence-electron chi connectivity index (χ3n) is 9.15. The number of likely N-dealkylation sites (tertiary alicyclic amines) is 1. The van der Waals surface area contributed by atoms with Crippen LogP contribution in [0.1, 0.15) is 91.8 Å². The minimum atomic E-state index is -0.735. The first-order chi connectivity index (χ1) is 17.8. The summed E-state index contributed by atoms with van der Waals surface area (Å²) in [5.74, 6) is -1.63. The number of hydrogen-bond donors (Lipinski definition) is 1. The lowest BCUT2D eigenvalue weighted by molar-refractivity contribution is -0.137. The molecule has 1 aromatic rings. The average molecular weight is 508 g/mol. The van der Waals surface area contributed by atoms with E-state index in [4.69, 9.17) is 0 Å². The van der Waals surface area contributed by atoms with E-state index in [-0.39, 0.29) is 35.2 Å². The molecule has 1 spiro atoms. The second kappa shape index (κ2) is 10.4. The Hall–Kier alpha value is -3.03. The van der Waals surface area contributed by atoms with Gasteiger partial charge in [0.25, 0.3) is 0 Å². The lowest BCUT2D eigenvalue weighted by atomic mass is 9.71. The van der Waals surface area contributed by atoms with Crippen molar-refractivity contribution < 1.29 is 24.0 Å². The molecule has 3 aliphatic heterocycles. The monoisotopic (exact) mass is 507 g/mol. The highest BCUT2D eigenvalue weighted by Gasteiger charge is 2.41. The molecule has 4 aliphatic rings. The van der Waals surface area contributed by atoms with E-state index in [2.05, 4.69) is 10.2 Å². The number of anilines is 1. The van der Waals surface area contributed by atoms with E-state index in [0.717, 1.165) is 64.0 Å². The molecule has 8 heteroatoms. The van der Waals surface area contributed by atoms with Crippen LogP contribution in [0.3, 0.4) is 0 Å². The van der Waals surface area contributed by atoms with Gasteiger partial charge in [-0.25, -0.2) is 0 Å². The van der Waals surface area contributed by atoms with E-state index in [1.165, 1.54) is 0 Å². The van der Waals surface area contributed by atoms with Crippen molar-refractivity contribution in [3.05, 3.63) is 29.3 Å². The van der Waals surface area contributed by atoms with Crippen LogP contribution in [0, 0.1) is 17.3 Å². The molecule has 198 valence electrons. The smallest absolute Gasteiger partial charge is 0.229 e. The summed E-state index contributed by atoms with van der Waals surface area (Å²) in [5, 5.41) is 2.35. The fourth-order valence-electron chi connectivity index (χ4n) is 6.63. The number of rotatable bonds is 6. The molecule has 2 unspecified atom stereocenters. The maximum absolute atomic E-state index is 13.2. The maximum atomic E-state index is 13.2. The number of ketones is 2. The molecule has 3 heterocycles. The van der Waals surface area contributed by atoms with Gasteiger partial charge in [0.15, 0.2) is 11.6 Å². The van der Waals surface area contributed by atoms with Crippen LogP contribution in [0.5, 0.6) is 0 Å². The summed E-state index contributed by atoms with van der Waals surface area (Å²) >= 11 is 0. The van der Waals surface area contributed by atoms with Crippen LogP contribution in [-0.4, -0.2) is 60.4 Å². The van der Waals surface area contributed by atoms with Gasteiger partial charge >= 0.3 is 0 Å². The number of piperidine rings is 3. The van der Waals surface area contributed by atoms with Gasteiger partial charge in [0.1, 0.15) is 0 Å². The Morgan fingerprint density at radius 3 is 2.30 bits per heavy atom. The molecule has 37 heavy (non-hydrogen) atoms. The third-order valence-corrected chi connectivity index (χ3v) is 9.15. The second-order valence-corrected chi connectivity index (χ2v) is 11.4. The van der Waals surface area contributed by atoms with E-state index in [1.807, 2.05) is 24.0 Å². The maximum Gasteiger partial charge on any atom is 0.229 e. The summed E-state index contributed by atoms with van der Waals surface area (Å²) < 4.78 is 0. The van der Waals surface area contributed by atoms with Gasteiger partial charge in [-0.05, 0) is 75.0 Å².